The van der Waals surface area contributed by atoms with Crippen molar-refractivity contribution < 1.29 is 14.7 Å². The summed E-state index contributed by atoms with van der Waals surface area (Å²) in [5, 5.41) is 12.0. The first-order valence-electron chi connectivity index (χ1n) is 4.84. The van der Waals surface area contributed by atoms with Crippen LogP contribution in [-0.2, 0) is 9.59 Å². The smallest absolute Gasteiger partial charge is 0.305 e. The van der Waals surface area contributed by atoms with Crippen LogP contribution in [0.25, 0.3) is 0 Å². The van der Waals surface area contributed by atoms with Crippen LogP contribution in [0.15, 0.2) is 18.2 Å². The Morgan fingerprint density at radius 1 is 1.35 bits per heavy atom. The van der Waals surface area contributed by atoms with Gasteiger partial charge in [-0.15, -0.1) is 0 Å². The van der Waals surface area contributed by atoms with Crippen LogP contribution in [0.5, 0.6) is 0 Å². The highest BCUT2D eigenvalue weighted by molar-refractivity contribution is 6.42. The van der Waals surface area contributed by atoms with Crippen molar-refractivity contribution >= 4 is 35.1 Å². The van der Waals surface area contributed by atoms with Gasteiger partial charge in [-0.25, -0.2) is 0 Å². The van der Waals surface area contributed by atoms with Gasteiger partial charge in [0.05, 0.1) is 22.5 Å². The zero-order valence-corrected chi connectivity index (χ0v) is 10.5. The topological polar surface area (TPSA) is 66.4 Å². The number of halogens is 2. The van der Waals surface area contributed by atoms with Crippen LogP contribution in [0.2, 0.25) is 10.0 Å². The number of aliphatic carboxylic acids is 1. The average Bonchev–Trinajstić information content (AvgIpc) is 2.19. The molecule has 0 heterocycles. The lowest BCUT2D eigenvalue weighted by Crippen LogP contribution is -2.27. The van der Waals surface area contributed by atoms with Crippen molar-refractivity contribution in [3.05, 3.63) is 33.8 Å². The Kier molecular flexibility index (Phi) is 4.78. The predicted molar refractivity (Wildman–Crippen MR) is 65.3 cm³/mol. The number of rotatable bonds is 4. The molecule has 0 saturated carbocycles. The molecule has 4 nitrogen and oxygen atoms in total. The Morgan fingerprint density at radius 3 is 2.47 bits per heavy atom. The van der Waals surface area contributed by atoms with Crippen molar-refractivity contribution in [2.24, 2.45) is 0 Å². The molecule has 92 valence electrons. The molecule has 0 aliphatic rings. The van der Waals surface area contributed by atoms with E-state index in [-0.39, 0.29) is 12.3 Å². The van der Waals surface area contributed by atoms with E-state index in [0.29, 0.717) is 15.6 Å². The molecule has 0 spiro atoms. The summed E-state index contributed by atoms with van der Waals surface area (Å²) < 4.78 is 0. The standard InChI is InChI=1S/C11H11Cl2NO3/c1-6(15)14-10(5-11(16)17)7-2-3-8(12)9(13)4-7/h2-4,10H,5H2,1H3,(H,14,15)(H,16,17)/t10-/m1/s1. The molecule has 6 heteroatoms. The van der Waals surface area contributed by atoms with Gasteiger partial charge in [-0.1, -0.05) is 29.3 Å². The summed E-state index contributed by atoms with van der Waals surface area (Å²) in [7, 11) is 0. The maximum Gasteiger partial charge on any atom is 0.305 e. The summed E-state index contributed by atoms with van der Waals surface area (Å²) in [6, 6.07) is 4.14. The minimum atomic E-state index is -1.00. The molecule has 0 saturated heterocycles. The monoisotopic (exact) mass is 275 g/mol. The molecule has 0 aromatic heterocycles. The summed E-state index contributed by atoms with van der Waals surface area (Å²) in [5.74, 6) is -1.31. The Bertz CT molecular complexity index is 432. The maximum atomic E-state index is 11.0. The van der Waals surface area contributed by atoms with Crippen LogP contribution < -0.4 is 5.32 Å². The number of carbonyl (C=O) groups excluding carboxylic acids is 1. The molecule has 0 aliphatic carbocycles. The SMILES string of the molecule is CC(=O)N[C@H](CC(=O)O)c1ccc(Cl)c(Cl)c1. The van der Waals surface area contributed by atoms with Gasteiger partial charge in [0.25, 0.3) is 0 Å². The van der Waals surface area contributed by atoms with Gasteiger partial charge in [0.15, 0.2) is 0 Å². The van der Waals surface area contributed by atoms with Crippen LogP contribution >= 0.6 is 23.2 Å². The third-order valence-electron chi connectivity index (χ3n) is 2.10. The quantitative estimate of drug-likeness (QED) is 0.888. The summed E-state index contributed by atoms with van der Waals surface area (Å²) in [4.78, 5) is 21.7. The molecule has 1 aromatic carbocycles. The highest BCUT2D eigenvalue weighted by atomic mass is 35.5. The lowest BCUT2D eigenvalue weighted by molar-refractivity contribution is -0.137. The third-order valence-corrected chi connectivity index (χ3v) is 2.84. The van der Waals surface area contributed by atoms with Gasteiger partial charge in [0.2, 0.25) is 5.91 Å². The van der Waals surface area contributed by atoms with E-state index in [4.69, 9.17) is 28.3 Å². The summed E-state index contributed by atoms with van der Waals surface area (Å²) in [6.07, 6.45) is -0.211. The molecule has 1 amide bonds. The number of hydrogen-bond acceptors (Lipinski definition) is 2. The maximum absolute atomic E-state index is 11.0. The fourth-order valence-electron chi connectivity index (χ4n) is 1.40. The van der Waals surface area contributed by atoms with E-state index < -0.39 is 12.0 Å². The Balaban J connectivity index is 2.98. The predicted octanol–water partition coefficient (Wildman–Crippen LogP) is 2.65. The largest absolute Gasteiger partial charge is 0.481 e. The second kappa shape index (κ2) is 5.89. The van der Waals surface area contributed by atoms with Crippen molar-refractivity contribution in [1.29, 1.82) is 0 Å². The molecule has 1 atom stereocenters. The molecular formula is C11H11Cl2NO3. The van der Waals surface area contributed by atoms with Gasteiger partial charge in [-0.05, 0) is 17.7 Å². The fraction of sp³-hybridized carbons (Fsp3) is 0.273. The molecule has 0 bridgehead atoms. The molecule has 0 radical (unpaired) electrons. The van der Waals surface area contributed by atoms with Gasteiger partial charge < -0.3 is 10.4 Å². The highest BCUT2D eigenvalue weighted by Gasteiger charge is 2.17. The van der Waals surface area contributed by atoms with Crippen molar-refractivity contribution in [1.82, 2.24) is 5.32 Å². The molecular weight excluding hydrogens is 265 g/mol. The normalized spacial score (nSPS) is 11.9. The highest BCUT2D eigenvalue weighted by Crippen LogP contribution is 2.26. The molecule has 17 heavy (non-hydrogen) atoms. The molecule has 2 N–H and O–H groups in total. The zero-order chi connectivity index (χ0) is 13.0. The van der Waals surface area contributed by atoms with Gasteiger partial charge in [-0.2, -0.15) is 0 Å². The minimum absolute atomic E-state index is 0.211. The molecule has 1 rings (SSSR count). The van der Waals surface area contributed by atoms with Gasteiger partial charge >= 0.3 is 5.97 Å². The van der Waals surface area contributed by atoms with E-state index in [0.717, 1.165) is 0 Å². The van der Waals surface area contributed by atoms with E-state index in [1.54, 1.807) is 18.2 Å². The van der Waals surface area contributed by atoms with E-state index in [1.165, 1.54) is 6.92 Å². The van der Waals surface area contributed by atoms with Crippen molar-refractivity contribution in [2.45, 2.75) is 19.4 Å². The lowest BCUT2D eigenvalue weighted by atomic mass is 10.0. The van der Waals surface area contributed by atoms with Crippen LogP contribution in [0, 0.1) is 0 Å². The van der Waals surface area contributed by atoms with Crippen molar-refractivity contribution in [3.8, 4) is 0 Å². The zero-order valence-electron chi connectivity index (χ0n) is 9.04. The van der Waals surface area contributed by atoms with E-state index >= 15 is 0 Å². The van der Waals surface area contributed by atoms with E-state index in [2.05, 4.69) is 5.32 Å². The first kappa shape index (κ1) is 13.8. The molecule has 0 aliphatic heterocycles. The van der Waals surface area contributed by atoms with Gasteiger partial charge in [0, 0.05) is 6.92 Å². The van der Waals surface area contributed by atoms with Gasteiger partial charge in [-0.3, -0.25) is 9.59 Å². The van der Waals surface area contributed by atoms with Crippen LogP contribution in [-0.4, -0.2) is 17.0 Å². The first-order chi connectivity index (χ1) is 7.90. The number of carbonyl (C=O) groups is 2. The number of carboxylic acid groups (broad SMARTS) is 1. The number of carboxylic acids is 1. The van der Waals surface area contributed by atoms with Crippen LogP contribution in [0.3, 0.4) is 0 Å². The molecule has 0 unspecified atom stereocenters. The number of amides is 1. The molecule has 0 fully saturated rings. The number of benzene rings is 1. The average molecular weight is 276 g/mol. The second-order valence-electron chi connectivity index (χ2n) is 3.52. The van der Waals surface area contributed by atoms with E-state index in [9.17, 15) is 9.59 Å². The van der Waals surface area contributed by atoms with Crippen LogP contribution in [0.4, 0.5) is 0 Å². The van der Waals surface area contributed by atoms with Crippen LogP contribution in [0.1, 0.15) is 24.9 Å². The van der Waals surface area contributed by atoms with E-state index in [1.807, 2.05) is 0 Å². The Labute approximate surface area is 109 Å². The lowest BCUT2D eigenvalue weighted by Gasteiger charge is -2.16. The van der Waals surface area contributed by atoms with Crippen molar-refractivity contribution in [3.63, 3.8) is 0 Å². The third kappa shape index (κ3) is 4.24. The Morgan fingerprint density at radius 2 is 2.00 bits per heavy atom. The summed E-state index contributed by atoms with van der Waals surface area (Å²) >= 11 is 11.6. The molecule has 1 aromatic rings. The summed E-state index contributed by atoms with van der Waals surface area (Å²) in [6.45, 7) is 1.33. The summed E-state index contributed by atoms with van der Waals surface area (Å²) in [5.41, 5.74) is 0.608. The van der Waals surface area contributed by atoms with Gasteiger partial charge in [0.1, 0.15) is 0 Å². The number of hydrogen-bond donors (Lipinski definition) is 2. The fourth-order valence-corrected chi connectivity index (χ4v) is 1.71. The first-order valence-corrected chi connectivity index (χ1v) is 5.59. The van der Waals surface area contributed by atoms with Crippen molar-refractivity contribution in [2.75, 3.05) is 0 Å². The Hall–Kier alpha value is -1.26. The number of nitrogens with one attached hydrogen (secondary N) is 1. The minimum Gasteiger partial charge on any atom is -0.481 e. The second-order valence-corrected chi connectivity index (χ2v) is 4.34.